The summed E-state index contributed by atoms with van der Waals surface area (Å²) in [5.74, 6) is 0.802. The monoisotopic (exact) mass is 190 g/mol. The quantitative estimate of drug-likeness (QED) is 0.699. The van der Waals surface area contributed by atoms with Crippen molar-refractivity contribution in [3.63, 3.8) is 0 Å². The Bertz CT molecular complexity index is 485. The molecule has 0 spiro atoms. The molecule has 0 unspecified atom stereocenters. The van der Waals surface area contributed by atoms with Crippen LogP contribution < -0.4 is 10.5 Å². The van der Waals surface area contributed by atoms with Crippen LogP contribution in [-0.4, -0.2) is 11.7 Å². The van der Waals surface area contributed by atoms with Crippen LogP contribution in [0, 0.1) is 6.92 Å². The Kier molecular flexibility index (Phi) is 1.88. The van der Waals surface area contributed by atoms with Crippen LogP contribution in [0.5, 0.6) is 5.75 Å². The fourth-order valence-electron chi connectivity index (χ4n) is 1.68. The molecular formula is C11H14N2O. The molecule has 14 heavy (non-hydrogen) atoms. The van der Waals surface area contributed by atoms with Gasteiger partial charge in [0.15, 0.2) is 0 Å². The molecule has 0 aliphatic rings. The molecular weight excluding hydrogens is 176 g/mol. The van der Waals surface area contributed by atoms with Crippen LogP contribution in [0.25, 0.3) is 10.9 Å². The van der Waals surface area contributed by atoms with Crippen molar-refractivity contribution in [1.82, 2.24) is 4.57 Å². The van der Waals surface area contributed by atoms with Crippen LogP contribution in [0.1, 0.15) is 5.69 Å². The number of nitrogen functional groups attached to an aromatic ring is 1. The van der Waals surface area contributed by atoms with Crippen molar-refractivity contribution in [1.29, 1.82) is 0 Å². The number of hydrogen-bond donors (Lipinski definition) is 1. The van der Waals surface area contributed by atoms with Gasteiger partial charge in [-0.1, -0.05) is 0 Å². The van der Waals surface area contributed by atoms with E-state index in [0.717, 1.165) is 22.3 Å². The van der Waals surface area contributed by atoms with E-state index >= 15 is 0 Å². The molecule has 0 fully saturated rings. The van der Waals surface area contributed by atoms with Gasteiger partial charge in [0.05, 0.1) is 12.6 Å². The van der Waals surface area contributed by atoms with E-state index < -0.39 is 0 Å². The van der Waals surface area contributed by atoms with Crippen LogP contribution in [0.4, 0.5) is 5.69 Å². The van der Waals surface area contributed by atoms with Crippen molar-refractivity contribution >= 4 is 16.6 Å². The number of benzene rings is 1. The molecule has 0 saturated carbocycles. The second-order valence-electron chi connectivity index (χ2n) is 3.49. The molecule has 0 radical (unpaired) electrons. The van der Waals surface area contributed by atoms with Crippen molar-refractivity contribution in [2.75, 3.05) is 12.8 Å². The summed E-state index contributed by atoms with van der Waals surface area (Å²) in [5.41, 5.74) is 8.99. The standard InChI is InChI=1S/C11H14N2O/c1-7-4-9-10(12)5-8(14-3)6-11(9)13(7)2/h4-6H,12H2,1-3H3. The van der Waals surface area contributed by atoms with E-state index in [4.69, 9.17) is 10.5 Å². The Morgan fingerprint density at radius 3 is 2.64 bits per heavy atom. The third kappa shape index (κ3) is 1.13. The highest BCUT2D eigenvalue weighted by atomic mass is 16.5. The highest BCUT2D eigenvalue weighted by molar-refractivity contribution is 5.93. The summed E-state index contributed by atoms with van der Waals surface area (Å²) in [6.07, 6.45) is 0. The molecule has 74 valence electrons. The fourth-order valence-corrected chi connectivity index (χ4v) is 1.68. The number of nitrogens with zero attached hydrogens (tertiary/aromatic N) is 1. The molecule has 0 aliphatic heterocycles. The molecule has 2 aromatic rings. The van der Waals surface area contributed by atoms with Crippen molar-refractivity contribution in [3.8, 4) is 5.75 Å². The zero-order valence-electron chi connectivity index (χ0n) is 8.66. The number of anilines is 1. The van der Waals surface area contributed by atoms with Gasteiger partial charge in [-0.05, 0) is 13.0 Å². The highest BCUT2D eigenvalue weighted by Gasteiger charge is 2.07. The van der Waals surface area contributed by atoms with E-state index in [1.165, 1.54) is 5.69 Å². The molecule has 2 N–H and O–H groups in total. The van der Waals surface area contributed by atoms with Gasteiger partial charge < -0.3 is 15.0 Å². The lowest BCUT2D eigenvalue weighted by Gasteiger charge is -2.04. The lowest BCUT2D eigenvalue weighted by molar-refractivity contribution is 0.415. The predicted molar refractivity (Wildman–Crippen MR) is 58.6 cm³/mol. The minimum Gasteiger partial charge on any atom is -0.497 e. The van der Waals surface area contributed by atoms with Crippen molar-refractivity contribution in [2.45, 2.75) is 6.92 Å². The van der Waals surface area contributed by atoms with Crippen LogP contribution in [0.3, 0.4) is 0 Å². The minimum absolute atomic E-state index is 0.767. The topological polar surface area (TPSA) is 40.2 Å². The number of methoxy groups -OCH3 is 1. The maximum absolute atomic E-state index is 5.92. The molecule has 0 saturated heterocycles. The highest BCUT2D eigenvalue weighted by Crippen LogP contribution is 2.29. The third-order valence-electron chi connectivity index (χ3n) is 2.64. The van der Waals surface area contributed by atoms with Gasteiger partial charge >= 0.3 is 0 Å². The van der Waals surface area contributed by atoms with E-state index in [-0.39, 0.29) is 0 Å². The number of ether oxygens (including phenoxy) is 1. The lowest BCUT2D eigenvalue weighted by atomic mass is 10.2. The van der Waals surface area contributed by atoms with Crippen molar-refractivity contribution in [3.05, 3.63) is 23.9 Å². The number of rotatable bonds is 1. The van der Waals surface area contributed by atoms with Crippen LogP contribution in [0.15, 0.2) is 18.2 Å². The summed E-state index contributed by atoms with van der Waals surface area (Å²) in [4.78, 5) is 0. The molecule has 1 aromatic heterocycles. The largest absolute Gasteiger partial charge is 0.497 e. The van der Waals surface area contributed by atoms with Gasteiger partial charge in [-0.3, -0.25) is 0 Å². The van der Waals surface area contributed by atoms with Gasteiger partial charge in [0, 0.05) is 35.9 Å². The second-order valence-corrected chi connectivity index (χ2v) is 3.49. The first kappa shape index (κ1) is 8.94. The number of aryl methyl sites for hydroxylation is 2. The van der Waals surface area contributed by atoms with Gasteiger partial charge in [0.25, 0.3) is 0 Å². The predicted octanol–water partition coefficient (Wildman–Crippen LogP) is 2.08. The summed E-state index contributed by atoms with van der Waals surface area (Å²) in [6.45, 7) is 2.06. The van der Waals surface area contributed by atoms with Crippen LogP contribution in [0.2, 0.25) is 0 Å². The molecule has 0 atom stereocenters. The second kappa shape index (κ2) is 2.94. The number of hydrogen-bond acceptors (Lipinski definition) is 2. The van der Waals surface area contributed by atoms with Crippen molar-refractivity contribution < 1.29 is 4.74 Å². The molecule has 1 heterocycles. The molecule has 3 heteroatoms. The van der Waals surface area contributed by atoms with E-state index in [2.05, 4.69) is 17.6 Å². The minimum atomic E-state index is 0.767. The molecule has 3 nitrogen and oxygen atoms in total. The first-order valence-corrected chi connectivity index (χ1v) is 4.53. The number of aromatic nitrogens is 1. The first-order chi connectivity index (χ1) is 6.63. The Morgan fingerprint density at radius 1 is 1.29 bits per heavy atom. The molecule has 0 amide bonds. The average Bonchev–Trinajstić information content (AvgIpc) is 2.45. The smallest absolute Gasteiger partial charge is 0.123 e. The maximum Gasteiger partial charge on any atom is 0.123 e. The SMILES string of the molecule is COc1cc(N)c2cc(C)n(C)c2c1. The van der Waals surface area contributed by atoms with Crippen LogP contribution >= 0.6 is 0 Å². The summed E-state index contributed by atoms with van der Waals surface area (Å²) in [7, 11) is 3.67. The Labute approximate surface area is 83.1 Å². The Morgan fingerprint density at radius 2 is 2.00 bits per heavy atom. The lowest BCUT2D eigenvalue weighted by Crippen LogP contribution is -1.92. The van der Waals surface area contributed by atoms with Gasteiger partial charge in [-0.2, -0.15) is 0 Å². The summed E-state index contributed by atoms with van der Waals surface area (Å²) in [5, 5.41) is 1.09. The first-order valence-electron chi connectivity index (χ1n) is 4.53. The zero-order chi connectivity index (χ0) is 10.3. The third-order valence-corrected chi connectivity index (χ3v) is 2.64. The molecule has 0 bridgehead atoms. The number of fused-ring (bicyclic) bond motifs is 1. The number of nitrogens with two attached hydrogens (primary N) is 1. The van der Waals surface area contributed by atoms with E-state index in [9.17, 15) is 0 Å². The van der Waals surface area contributed by atoms with E-state index in [0.29, 0.717) is 0 Å². The van der Waals surface area contributed by atoms with E-state index in [1.807, 2.05) is 19.2 Å². The molecule has 2 rings (SSSR count). The summed E-state index contributed by atoms with van der Waals surface area (Å²) < 4.78 is 7.28. The molecule has 0 aliphatic carbocycles. The van der Waals surface area contributed by atoms with Gasteiger partial charge in [0.1, 0.15) is 5.75 Å². The summed E-state index contributed by atoms with van der Waals surface area (Å²) in [6, 6.07) is 5.94. The van der Waals surface area contributed by atoms with Crippen molar-refractivity contribution in [2.24, 2.45) is 7.05 Å². The zero-order valence-corrected chi connectivity index (χ0v) is 8.66. The Hall–Kier alpha value is -1.64. The normalized spacial score (nSPS) is 10.8. The average molecular weight is 190 g/mol. The Balaban J connectivity index is 2.83. The summed E-state index contributed by atoms with van der Waals surface area (Å²) >= 11 is 0. The fraction of sp³-hybridized carbons (Fsp3) is 0.273. The van der Waals surface area contributed by atoms with E-state index in [1.54, 1.807) is 7.11 Å². The van der Waals surface area contributed by atoms with Gasteiger partial charge in [0.2, 0.25) is 0 Å². The van der Waals surface area contributed by atoms with Gasteiger partial charge in [-0.15, -0.1) is 0 Å². The maximum atomic E-state index is 5.92. The van der Waals surface area contributed by atoms with Crippen LogP contribution in [-0.2, 0) is 7.05 Å². The van der Waals surface area contributed by atoms with Gasteiger partial charge in [-0.25, -0.2) is 0 Å². The molecule has 1 aromatic carbocycles.